The van der Waals surface area contributed by atoms with Crippen molar-refractivity contribution in [1.82, 2.24) is 4.98 Å². The Bertz CT molecular complexity index is 1110. The van der Waals surface area contributed by atoms with E-state index in [1.165, 1.54) is 43.6 Å². The second kappa shape index (κ2) is 9.86. The lowest BCUT2D eigenvalue weighted by Crippen LogP contribution is -2.14. The van der Waals surface area contributed by atoms with E-state index in [0.717, 1.165) is 18.2 Å². The summed E-state index contributed by atoms with van der Waals surface area (Å²) in [5, 5.41) is 2.60. The molecule has 0 aliphatic heterocycles. The van der Waals surface area contributed by atoms with Crippen molar-refractivity contribution in [3.05, 3.63) is 77.5 Å². The molecular formula is C23H20F2N2O5. The van der Waals surface area contributed by atoms with Gasteiger partial charge in [0.1, 0.15) is 34.7 Å². The summed E-state index contributed by atoms with van der Waals surface area (Å²) in [6.07, 6.45) is 1.08. The van der Waals surface area contributed by atoms with Crippen LogP contribution in [0.5, 0.6) is 17.2 Å². The number of anilines is 1. The molecule has 1 N–H and O–H groups in total. The van der Waals surface area contributed by atoms with Gasteiger partial charge in [0.15, 0.2) is 0 Å². The molecule has 0 unspecified atom stereocenters. The number of halogens is 2. The predicted molar refractivity (Wildman–Crippen MR) is 112 cm³/mol. The molecule has 0 aliphatic rings. The summed E-state index contributed by atoms with van der Waals surface area (Å²) in [4.78, 5) is 28.3. The number of rotatable bonds is 7. The van der Waals surface area contributed by atoms with Gasteiger partial charge in [0, 0.05) is 36.0 Å². The lowest BCUT2D eigenvalue weighted by molar-refractivity contribution is 0.0600. The van der Waals surface area contributed by atoms with Crippen molar-refractivity contribution in [2.75, 3.05) is 12.4 Å². The Hall–Kier alpha value is -4.01. The molecule has 9 heteroatoms. The average molecular weight is 442 g/mol. The van der Waals surface area contributed by atoms with Crippen molar-refractivity contribution in [2.45, 2.75) is 20.0 Å². The molecule has 2 aromatic carbocycles. The van der Waals surface area contributed by atoms with Crippen LogP contribution in [-0.2, 0) is 4.74 Å². The molecule has 0 saturated heterocycles. The van der Waals surface area contributed by atoms with Crippen LogP contribution in [-0.4, -0.2) is 30.1 Å². The number of aromatic nitrogens is 1. The number of ether oxygens (including phenoxy) is 3. The van der Waals surface area contributed by atoms with Crippen molar-refractivity contribution >= 4 is 17.7 Å². The molecule has 3 aromatic rings. The normalized spacial score (nSPS) is 10.6. The molecule has 7 nitrogen and oxygen atoms in total. The van der Waals surface area contributed by atoms with E-state index in [1.54, 1.807) is 0 Å². The fourth-order valence-corrected chi connectivity index (χ4v) is 2.72. The zero-order valence-electron chi connectivity index (χ0n) is 17.5. The zero-order valence-corrected chi connectivity index (χ0v) is 17.5. The van der Waals surface area contributed by atoms with Gasteiger partial charge < -0.3 is 19.5 Å². The first-order valence-electron chi connectivity index (χ1n) is 9.55. The molecule has 3 rings (SSSR count). The van der Waals surface area contributed by atoms with Gasteiger partial charge >= 0.3 is 5.97 Å². The van der Waals surface area contributed by atoms with Gasteiger partial charge in [-0.15, -0.1) is 0 Å². The third-order valence-electron chi connectivity index (χ3n) is 4.01. The maximum absolute atomic E-state index is 13.5. The smallest absolute Gasteiger partial charge is 0.339 e. The fourth-order valence-electron chi connectivity index (χ4n) is 2.72. The molecule has 0 aliphatic carbocycles. The minimum absolute atomic E-state index is 0.0735. The lowest BCUT2D eigenvalue weighted by atomic mass is 10.1. The molecule has 0 atom stereocenters. The average Bonchev–Trinajstić information content (AvgIpc) is 2.72. The first-order chi connectivity index (χ1) is 15.2. The Morgan fingerprint density at radius 1 is 0.906 bits per heavy atom. The van der Waals surface area contributed by atoms with Gasteiger partial charge in [-0.1, -0.05) is 0 Å². The number of benzene rings is 2. The molecule has 1 aromatic heterocycles. The Balaban J connectivity index is 1.86. The quantitative estimate of drug-likeness (QED) is 0.520. The van der Waals surface area contributed by atoms with E-state index in [2.05, 4.69) is 15.0 Å². The molecule has 0 bridgehead atoms. The fraction of sp³-hybridized carbons (Fsp3) is 0.174. The predicted octanol–water partition coefficient (Wildman–Crippen LogP) is 4.98. The summed E-state index contributed by atoms with van der Waals surface area (Å²) in [5.41, 5.74) is 0.393. The highest BCUT2D eigenvalue weighted by molar-refractivity contribution is 6.04. The van der Waals surface area contributed by atoms with Crippen LogP contribution < -0.4 is 14.8 Å². The number of hydrogen-bond donors (Lipinski definition) is 1. The van der Waals surface area contributed by atoms with Gasteiger partial charge in [0.05, 0.1) is 18.8 Å². The molecule has 0 radical (unpaired) electrons. The van der Waals surface area contributed by atoms with Crippen LogP contribution in [0.15, 0.2) is 54.7 Å². The van der Waals surface area contributed by atoms with Gasteiger partial charge in [-0.3, -0.25) is 4.79 Å². The summed E-state index contributed by atoms with van der Waals surface area (Å²) >= 11 is 0. The highest BCUT2D eigenvalue weighted by Crippen LogP contribution is 2.29. The Morgan fingerprint density at radius 3 is 2.16 bits per heavy atom. The maximum Gasteiger partial charge on any atom is 0.339 e. The number of methoxy groups -OCH3 is 1. The topological polar surface area (TPSA) is 86.8 Å². The molecule has 0 spiro atoms. The largest absolute Gasteiger partial charge is 0.491 e. The maximum atomic E-state index is 13.5. The highest BCUT2D eigenvalue weighted by atomic mass is 19.1. The molecular weight excluding hydrogens is 422 g/mol. The van der Waals surface area contributed by atoms with Crippen molar-refractivity contribution in [2.24, 2.45) is 0 Å². The summed E-state index contributed by atoms with van der Waals surface area (Å²) in [7, 11) is 1.25. The molecule has 166 valence electrons. The van der Waals surface area contributed by atoms with E-state index >= 15 is 0 Å². The second-order valence-electron chi connectivity index (χ2n) is 6.94. The molecule has 0 saturated carbocycles. The van der Waals surface area contributed by atoms with Crippen LogP contribution in [0.1, 0.15) is 34.6 Å². The van der Waals surface area contributed by atoms with Gasteiger partial charge in [0.2, 0.25) is 0 Å². The van der Waals surface area contributed by atoms with E-state index in [0.29, 0.717) is 5.75 Å². The van der Waals surface area contributed by atoms with Gasteiger partial charge in [-0.25, -0.2) is 18.6 Å². The third kappa shape index (κ3) is 6.00. The van der Waals surface area contributed by atoms with Gasteiger partial charge in [-0.2, -0.15) is 0 Å². The van der Waals surface area contributed by atoms with E-state index in [-0.39, 0.29) is 34.5 Å². The lowest BCUT2D eigenvalue weighted by Gasteiger charge is -2.14. The van der Waals surface area contributed by atoms with Crippen LogP contribution in [0.2, 0.25) is 0 Å². The Kier molecular flexibility index (Phi) is 6.99. The van der Waals surface area contributed by atoms with E-state index in [4.69, 9.17) is 9.47 Å². The summed E-state index contributed by atoms with van der Waals surface area (Å²) < 4.78 is 42.8. The monoisotopic (exact) mass is 442 g/mol. The SMILES string of the molecule is COC(=O)c1ccc(NC(=O)c2cc(Oc3cc(F)cc(F)c3)cc(OC(C)C)c2)nc1. The Morgan fingerprint density at radius 2 is 1.56 bits per heavy atom. The van der Waals surface area contributed by atoms with Crippen molar-refractivity contribution in [3.63, 3.8) is 0 Å². The molecule has 32 heavy (non-hydrogen) atoms. The molecule has 1 amide bonds. The van der Waals surface area contributed by atoms with Crippen LogP contribution in [0.25, 0.3) is 0 Å². The first kappa shape index (κ1) is 22.7. The zero-order chi connectivity index (χ0) is 23.3. The van der Waals surface area contributed by atoms with Crippen LogP contribution in [0.4, 0.5) is 14.6 Å². The number of carbonyl (C=O) groups excluding carboxylic acids is 2. The first-order valence-corrected chi connectivity index (χ1v) is 9.55. The van der Waals surface area contributed by atoms with Crippen molar-refractivity contribution in [1.29, 1.82) is 0 Å². The van der Waals surface area contributed by atoms with E-state index < -0.39 is 23.5 Å². The third-order valence-corrected chi connectivity index (χ3v) is 4.01. The van der Waals surface area contributed by atoms with E-state index in [1.807, 2.05) is 13.8 Å². The summed E-state index contributed by atoms with van der Waals surface area (Å²) in [6, 6.07) is 10.1. The standard InChI is InChI=1S/C23H20F2N2O5/c1-13(2)31-18-6-15(7-19(11-18)32-20-9-16(24)8-17(25)10-20)22(28)27-21-5-4-14(12-26-21)23(29)30-3/h4-13H,1-3H3,(H,26,27,28). The number of hydrogen-bond acceptors (Lipinski definition) is 6. The summed E-state index contributed by atoms with van der Waals surface area (Å²) in [5.74, 6) is -2.08. The van der Waals surface area contributed by atoms with E-state index in [9.17, 15) is 18.4 Å². The number of esters is 1. The van der Waals surface area contributed by atoms with Gasteiger partial charge in [-0.05, 0) is 38.1 Å². The number of carbonyl (C=O) groups is 2. The number of amides is 1. The minimum Gasteiger partial charge on any atom is -0.491 e. The highest BCUT2D eigenvalue weighted by Gasteiger charge is 2.14. The van der Waals surface area contributed by atoms with Crippen molar-refractivity contribution < 1.29 is 32.6 Å². The number of nitrogens with zero attached hydrogens (tertiary/aromatic N) is 1. The Labute approximate surface area is 182 Å². The minimum atomic E-state index is -0.797. The van der Waals surface area contributed by atoms with Gasteiger partial charge in [0.25, 0.3) is 5.91 Å². The van der Waals surface area contributed by atoms with Crippen LogP contribution in [0, 0.1) is 11.6 Å². The second-order valence-corrected chi connectivity index (χ2v) is 6.94. The molecule has 1 heterocycles. The number of nitrogens with one attached hydrogen (secondary N) is 1. The number of pyridine rings is 1. The van der Waals surface area contributed by atoms with Crippen LogP contribution in [0.3, 0.4) is 0 Å². The molecule has 0 fully saturated rings. The van der Waals surface area contributed by atoms with Crippen LogP contribution >= 0.6 is 0 Å². The van der Waals surface area contributed by atoms with Crippen molar-refractivity contribution in [3.8, 4) is 17.2 Å². The summed E-state index contributed by atoms with van der Waals surface area (Å²) in [6.45, 7) is 3.62.